The predicted molar refractivity (Wildman–Crippen MR) is 97.0 cm³/mol. The lowest BCUT2D eigenvalue weighted by molar-refractivity contribution is 0.900. The van der Waals surface area contributed by atoms with Crippen molar-refractivity contribution >= 4 is 57.6 Å². The summed E-state index contributed by atoms with van der Waals surface area (Å²) in [4.78, 5) is 11.6. The molecule has 0 radical (unpaired) electrons. The van der Waals surface area contributed by atoms with E-state index in [0.717, 1.165) is 30.7 Å². The third-order valence-electron chi connectivity index (χ3n) is 3.15. The molecule has 0 aliphatic rings. The molecule has 0 bridgehead atoms. The van der Waals surface area contributed by atoms with Gasteiger partial charge >= 0.3 is 0 Å². The number of imidazole rings is 1. The molecule has 0 fully saturated rings. The molecule has 2 heterocycles. The highest BCUT2D eigenvalue weighted by Crippen LogP contribution is 2.22. The summed E-state index contributed by atoms with van der Waals surface area (Å²) in [5.74, 6) is 0.681. The van der Waals surface area contributed by atoms with Crippen LogP contribution in [0.1, 0.15) is 6.42 Å². The molecular formula is C15H14Cl3N5. The maximum absolute atomic E-state index is 5.96. The standard InChI is InChI=1S/C15H14Cl3N5/c16-9-6-10(17)8-11(7-9)19-4-1-5-20-15-21-12-2-3-13(18)22-14(12)23-15/h2-3,6-8,19H,1,4-5H2,(H2,20,21,22,23). The Balaban J connectivity index is 1.47. The van der Waals surface area contributed by atoms with Crippen LogP contribution in [0.25, 0.3) is 11.2 Å². The van der Waals surface area contributed by atoms with E-state index in [0.29, 0.717) is 26.8 Å². The SMILES string of the molecule is Clc1cc(Cl)cc(NCCCNc2nc3nc(Cl)ccc3[nH]2)c1. The van der Waals surface area contributed by atoms with Crippen LogP contribution in [0.15, 0.2) is 30.3 Å². The first kappa shape index (κ1) is 16.2. The van der Waals surface area contributed by atoms with Crippen LogP contribution < -0.4 is 10.6 Å². The highest BCUT2D eigenvalue weighted by molar-refractivity contribution is 6.35. The normalized spacial score (nSPS) is 10.9. The maximum Gasteiger partial charge on any atom is 0.202 e. The molecule has 3 rings (SSSR count). The summed E-state index contributed by atoms with van der Waals surface area (Å²) in [5.41, 5.74) is 2.36. The van der Waals surface area contributed by atoms with Gasteiger partial charge in [-0.25, -0.2) is 4.98 Å². The van der Waals surface area contributed by atoms with Crippen LogP contribution in [-0.2, 0) is 0 Å². The number of hydrogen-bond donors (Lipinski definition) is 3. The fourth-order valence-electron chi connectivity index (χ4n) is 2.14. The summed E-state index contributed by atoms with van der Waals surface area (Å²) >= 11 is 17.8. The van der Waals surface area contributed by atoms with Crippen molar-refractivity contribution in [2.24, 2.45) is 0 Å². The highest BCUT2D eigenvalue weighted by Gasteiger charge is 2.04. The number of benzene rings is 1. The van der Waals surface area contributed by atoms with Gasteiger partial charge in [0.25, 0.3) is 0 Å². The van der Waals surface area contributed by atoms with E-state index in [1.165, 1.54) is 0 Å². The van der Waals surface area contributed by atoms with Crippen molar-refractivity contribution in [3.8, 4) is 0 Å². The van der Waals surface area contributed by atoms with Crippen LogP contribution >= 0.6 is 34.8 Å². The zero-order chi connectivity index (χ0) is 16.2. The maximum atomic E-state index is 5.96. The molecule has 5 nitrogen and oxygen atoms in total. The number of aromatic amines is 1. The van der Waals surface area contributed by atoms with Gasteiger partial charge in [0, 0.05) is 28.8 Å². The van der Waals surface area contributed by atoms with Crippen LogP contribution in [0.5, 0.6) is 0 Å². The van der Waals surface area contributed by atoms with Crippen molar-refractivity contribution in [2.75, 3.05) is 23.7 Å². The Morgan fingerprint density at radius 1 is 0.913 bits per heavy atom. The van der Waals surface area contributed by atoms with Gasteiger partial charge in [-0.05, 0) is 36.8 Å². The number of halogens is 3. The molecule has 8 heteroatoms. The quantitative estimate of drug-likeness (QED) is 0.429. The van der Waals surface area contributed by atoms with Crippen LogP contribution in [0, 0.1) is 0 Å². The Morgan fingerprint density at radius 2 is 1.65 bits per heavy atom. The van der Waals surface area contributed by atoms with E-state index < -0.39 is 0 Å². The molecule has 0 saturated heterocycles. The molecular weight excluding hydrogens is 357 g/mol. The fraction of sp³-hybridized carbons (Fsp3) is 0.200. The third-order valence-corrected chi connectivity index (χ3v) is 3.80. The van der Waals surface area contributed by atoms with Gasteiger partial charge in [0.1, 0.15) is 5.15 Å². The molecule has 0 spiro atoms. The van der Waals surface area contributed by atoms with Crippen LogP contribution in [0.4, 0.5) is 11.6 Å². The van der Waals surface area contributed by atoms with Gasteiger partial charge in [0.15, 0.2) is 5.65 Å². The molecule has 0 saturated carbocycles. The van der Waals surface area contributed by atoms with Gasteiger partial charge in [-0.1, -0.05) is 34.8 Å². The van der Waals surface area contributed by atoms with E-state index in [-0.39, 0.29) is 0 Å². The summed E-state index contributed by atoms with van der Waals surface area (Å²) in [5, 5.41) is 8.16. The number of pyridine rings is 1. The Morgan fingerprint density at radius 3 is 2.43 bits per heavy atom. The molecule has 0 aliphatic carbocycles. The largest absolute Gasteiger partial charge is 0.385 e. The monoisotopic (exact) mass is 369 g/mol. The van der Waals surface area contributed by atoms with Crippen molar-refractivity contribution in [1.29, 1.82) is 0 Å². The van der Waals surface area contributed by atoms with E-state index >= 15 is 0 Å². The van der Waals surface area contributed by atoms with Crippen molar-refractivity contribution in [3.05, 3.63) is 45.5 Å². The second kappa shape index (κ2) is 7.25. The number of rotatable bonds is 6. The van der Waals surface area contributed by atoms with Crippen LogP contribution in [0.3, 0.4) is 0 Å². The van der Waals surface area contributed by atoms with Crippen LogP contribution in [0.2, 0.25) is 15.2 Å². The lowest BCUT2D eigenvalue weighted by Gasteiger charge is -2.07. The predicted octanol–water partition coefficient (Wildman–Crippen LogP) is 4.83. The Labute approximate surface area is 148 Å². The molecule has 23 heavy (non-hydrogen) atoms. The average Bonchev–Trinajstić information content (AvgIpc) is 2.87. The molecule has 0 amide bonds. The van der Waals surface area contributed by atoms with Gasteiger partial charge in [0.2, 0.25) is 5.95 Å². The number of anilines is 2. The zero-order valence-electron chi connectivity index (χ0n) is 12.0. The highest BCUT2D eigenvalue weighted by atomic mass is 35.5. The number of nitrogens with zero attached hydrogens (tertiary/aromatic N) is 2. The second-order valence-electron chi connectivity index (χ2n) is 4.96. The third kappa shape index (κ3) is 4.41. The van der Waals surface area contributed by atoms with Crippen molar-refractivity contribution in [2.45, 2.75) is 6.42 Å². The number of H-pyrrole nitrogens is 1. The molecule has 0 unspecified atom stereocenters. The molecule has 3 N–H and O–H groups in total. The summed E-state index contributed by atoms with van der Waals surface area (Å²) < 4.78 is 0. The molecule has 3 aromatic rings. The Bertz CT molecular complexity index is 798. The molecule has 0 atom stereocenters. The minimum Gasteiger partial charge on any atom is -0.385 e. The minimum absolute atomic E-state index is 0.430. The fourth-order valence-corrected chi connectivity index (χ4v) is 2.81. The van der Waals surface area contributed by atoms with Crippen molar-refractivity contribution in [1.82, 2.24) is 15.0 Å². The Kier molecular flexibility index (Phi) is 5.10. The van der Waals surface area contributed by atoms with E-state index in [2.05, 4.69) is 25.6 Å². The van der Waals surface area contributed by atoms with E-state index in [9.17, 15) is 0 Å². The molecule has 2 aromatic heterocycles. The van der Waals surface area contributed by atoms with E-state index in [4.69, 9.17) is 34.8 Å². The van der Waals surface area contributed by atoms with Gasteiger partial charge in [-0.15, -0.1) is 0 Å². The first-order chi connectivity index (χ1) is 11.1. The number of hydrogen-bond acceptors (Lipinski definition) is 4. The van der Waals surface area contributed by atoms with Crippen LogP contribution in [-0.4, -0.2) is 28.0 Å². The number of aromatic nitrogens is 3. The topological polar surface area (TPSA) is 65.6 Å². The summed E-state index contributed by atoms with van der Waals surface area (Å²) in [7, 11) is 0. The first-order valence-electron chi connectivity index (χ1n) is 7.06. The number of fused-ring (bicyclic) bond motifs is 1. The smallest absolute Gasteiger partial charge is 0.202 e. The minimum atomic E-state index is 0.430. The van der Waals surface area contributed by atoms with E-state index in [1.807, 2.05) is 18.2 Å². The number of nitrogens with one attached hydrogen (secondary N) is 3. The molecule has 120 valence electrons. The average molecular weight is 371 g/mol. The lowest BCUT2D eigenvalue weighted by atomic mass is 10.3. The van der Waals surface area contributed by atoms with Gasteiger partial charge in [0.05, 0.1) is 5.52 Å². The van der Waals surface area contributed by atoms with Crippen molar-refractivity contribution < 1.29 is 0 Å². The second-order valence-corrected chi connectivity index (χ2v) is 6.22. The zero-order valence-corrected chi connectivity index (χ0v) is 14.3. The Hall–Kier alpha value is -1.69. The summed E-state index contributed by atoms with van der Waals surface area (Å²) in [6.07, 6.45) is 0.898. The van der Waals surface area contributed by atoms with E-state index in [1.54, 1.807) is 12.1 Å². The lowest BCUT2D eigenvalue weighted by Crippen LogP contribution is -2.09. The van der Waals surface area contributed by atoms with Crippen molar-refractivity contribution in [3.63, 3.8) is 0 Å². The van der Waals surface area contributed by atoms with Gasteiger partial charge in [-0.2, -0.15) is 4.98 Å². The molecule has 1 aromatic carbocycles. The molecule has 0 aliphatic heterocycles. The van der Waals surface area contributed by atoms with Gasteiger partial charge in [-0.3, -0.25) is 0 Å². The summed E-state index contributed by atoms with van der Waals surface area (Å²) in [6.45, 7) is 1.54. The van der Waals surface area contributed by atoms with Gasteiger partial charge < -0.3 is 15.6 Å². The summed E-state index contributed by atoms with van der Waals surface area (Å²) in [6, 6.07) is 8.97. The first-order valence-corrected chi connectivity index (χ1v) is 8.20.